The zero-order chi connectivity index (χ0) is 29.4. The van der Waals surface area contributed by atoms with Crippen molar-refractivity contribution in [3.63, 3.8) is 0 Å². The second-order valence-electron chi connectivity index (χ2n) is 10.9. The molecule has 0 unspecified atom stereocenters. The number of sulfone groups is 1. The molecule has 1 aliphatic rings. The Morgan fingerprint density at radius 3 is 2.16 bits per heavy atom. The summed E-state index contributed by atoms with van der Waals surface area (Å²) in [6, 6.07) is 40.9. The molecule has 6 nitrogen and oxygen atoms in total. The van der Waals surface area contributed by atoms with Crippen LogP contribution in [0.3, 0.4) is 0 Å². The van der Waals surface area contributed by atoms with Crippen LogP contribution in [-0.2, 0) is 9.84 Å². The van der Waals surface area contributed by atoms with E-state index in [1.165, 1.54) is 0 Å². The number of hydrogen-bond donors (Lipinski definition) is 0. The second kappa shape index (κ2) is 9.17. The van der Waals surface area contributed by atoms with Gasteiger partial charge in [-0.25, -0.2) is 18.4 Å². The molecule has 0 amide bonds. The van der Waals surface area contributed by atoms with Crippen molar-refractivity contribution in [2.24, 2.45) is 0 Å². The molecule has 5 aromatic carbocycles. The van der Waals surface area contributed by atoms with Crippen LogP contribution >= 0.6 is 0 Å². The summed E-state index contributed by atoms with van der Waals surface area (Å²) in [4.78, 5) is 15.0. The summed E-state index contributed by atoms with van der Waals surface area (Å²) >= 11 is 0. The van der Waals surface area contributed by atoms with E-state index in [0.29, 0.717) is 28.1 Å². The highest BCUT2D eigenvalue weighted by molar-refractivity contribution is 7.92. The van der Waals surface area contributed by atoms with Gasteiger partial charge >= 0.3 is 0 Å². The van der Waals surface area contributed by atoms with Gasteiger partial charge in [0.1, 0.15) is 10.7 Å². The number of rotatable bonds is 3. The molecule has 0 aliphatic carbocycles. The molecule has 9 rings (SSSR count). The van der Waals surface area contributed by atoms with Gasteiger partial charge in [0, 0.05) is 33.7 Å². The van der Waals surface area contributed by atoms with E-state index in [9.17, 15) is 8.42 Å². The fraction of sp³-hybridized carbons (Fsp3) is 0. The summed E-state index contributed by atoms with van der Waals surface area (Å²) < 4.78 is 30.6. The van der Waals surface area contributed by atoms with E-state index in [1.807, 2.05) is 102 Å². The minimum absolute atomic E-state index is 0.266. The molecule has 208 valence electrons. The predicted octanol–water partition coefficient (Wildman–Crippen LogP) is 8.27. The second-order valence-corrected chi connectivity index (χ2v) is 12.8. The van der Waals surface area contributed by atoms with Gasteiger partial charge in [-0.1, -0.05) is 97.1 Å². The molecule has 44 heavy (non-hydrogen) atoms. The van der Waals surface area contributed by atoms with Crippen molar-refractivity contribution < 1.29 is 8.42 Å². The molecule has 0 radical (unpaired) electrons. The van der Waals surface area contributed by atoms with Crippen LogP contribution in [-0.4, -0.2) is 27.9 Å². The zero-order valence-electron chi connectivity index (χ0n) is 23.2. The highest BCUT2D eigenvalue weighted by atomic mass is 32.2. The first-order valence-electron chi connectivity index (χ1n) is 14.3. The van der Waals surface area contributed by atoms with Gasteiger partial charge in [-0.2, -0.15) is 0 Å². The molecule has 8 aromatic rings. The van der Waals surface area contributed by atoms with Crippen LogP contribution in [0.5, 0.6) is 0 Å². The molecule has 4 heterocycles. The van der Waals surface area contributed by atoms with Crippen LogP contribution in [0.2, 0.25) is 0 Å². The van der Waals surface area contributed by atoms with Crippen LogP contribution in [0.25, 0.3) is 72.3 Å². The average molecular weight is 587 g/mol. The number of fused-ring (bicyclic) bond motifs is 5. The molecular weight excluding hydrogens is 565 g/mol. The summed E-state index contributed by atoms with van der Waals surface area (Å²) in [6.07, 6.45) is 1.79. The summed E-state index contributed by atoms with van der Waals surface area (Å²) in [5.74, 6) is 0.709. The SMILES string of the molecule is O=S1(=O)c2c(-c3ccc(-c4ccc5ccc6cccnc6c5n4)cc3)cccc2-n2c(-c3ccccc3)nc3cccc1c32. The Morgan fingerprint density at radius 2 is 1.32 bits per heavy atom. The molecule has 1 aliphatic heterocycles. The summed E-state index contributed by atoms with van der Waals surface area (Å²) in [7, 11) is -3.84. The Kier molecular flexibility index (Phi) is 5.19. The number of benzene rings is 5. The Morgan fingerprint density at radius 1 is 0.568 bits per heavy atom. The van der Waals surface area contributed by atoms with E-state index < -0.39 is 9.84 Å². The number of pyridine rings is 2. The van der Waals surface area contributed by atoms with Crippen molar-refractivity contribution in [1.29, 1.82) is 0 Å². The van der Waals surface area contributed by atoms with Crippen LogP contribution in [0, 0.1) is 0 Å². The summed E-state index contributed by atoms with van der Waals surface area (Å²) in [6.45, 7) is 0. The number of para-hydroxylation sites is 1. The fourth-order valence-electron chi connectivity index (χ4n) is 6.35. The molecule has 3 aromatic heterocycles. The third-order valence-corrected chi connectivity index (χ3v) is 10.3. The van der Waals surface area contributed by atoms with Gasteiger partial charge in [0.2, 0.25) is 9.84 Å². The van der Waals surface area contributed by atoms with Gasteiger partial charge in [0.15, 0.2) is 0 Å². The first-order valence-corrected chi connectivity index (χ1v) is 15.8. The quantitative estimate of drug-likeness (QED) is 0.195. The molecule has 0 atom stereocenters. The third-order valence-electron chi connectivity index (χ3n) is 8.39. The van der Waals surface area contributed by atoms with E-state index in [4.69, 9.17) is 9.97 Å². The van der Waals surface area contributed by atoms with E-state index in [-0.39, 0.29) is 9.79 Å². The summed E-state index contributed by atoms with van der Waals surface area (Å²) in [5, 5.41) is 2.07. The maximum Gasteiger partial charge on any atom is 0.211 e. The van der Waals surface area contributed by atoms with E-state index in [0.717, 1.165) is 44.2 Å². The first kappa shape index (κ1) is 24.9. The van der Waals surface area contributed by atoms with Crippen molar-refractivity contribution >= 4 is 42.7 Å². The van der Waals surface area contributed by atoms with Crippen molar-refractivity contribution in [3.05, 3.63) is 134 Å². The minimum Gasteiger partial charge on any atom is -0.290 e. The lowest BCUT2D eigenvalue weighted by molar-refractivity contribution is 0.595. The lowest BCUT2D eigenvalue weighted by Crippen LogP contribution is -2.16. The summed E-state index contributed by atoms with van der Waals surface area (Å²) in [5.41, 5.74) is 7.71. The van der Waals surface area contributed by atoms with Gasteiger partial charge in [-0.05, 0) is 35.9 Å². The minimum atomic E-state index is -3.84. The normalized spacial score (nSPS) is 13.4. The Bertz CT molecular complexity index is 2560. The van der Waals surface area contributed by atoms with Gasteiger partial charge < -0.3 is 0 Å². The van der Waals surface area contributed by atoms with Crippen molar-refractivity contribution in [2.75, 3.05) is 0 Å². The van der Waals surface area contributed by atoms with Crippen LogP contribution < -0.4 is 0 Å². The Hall–Kier alpha value is -5.66. The number of hydrogen-bond acceptors (Lipinski definition) is 5. The molecule has 0 saturated carbocycles. The van der Waals surface area contributed by atoms with Crippen molar-refractivity contribution in [1.82, 2.24) is 19.5 Å². The molecule has 7 heteroatoms. The topological polar surface area (TPSA) is 77.7 Å². The fourth-order valence-corrected chi connectivity index (χ4v) is 8.19. The van der Waals surface area contributed by atoms with E-state index in [2.05, 4.69) is 23.2 Å². The van der Waals surface area contributed by atoms with E-state index in [1.54, 1.807) is 18.3 Å². The number of aromatic nitrogens is 4. The van der Waals surface area contributed by atoms with E-state index >= 15 is 0 Å². The zero-order valence-corrected chi connectivity index (χ0v) is 24.0. The highest BCUT2D eigenvalue weighted by Gasteiger charge is 2.35. The largest absolute Gasteiger partial charge is 0.290 e. The monoisotopic (exact) mass is 586 g/mol. The van der Waals surface area contributed by atoms with Crippen molar-refractivity contribution in [2.45, 2.75) is 9.79 Å². The molecular formula is C37H22N4O2S. The highest BCUT2D eigenvalue weighted by Crippen LogP contribution is 2.45. The standard InChI is InChI=1S/C37H22N4O2S/c42-44(43)32-13-5-11-30-35(32)41(37(40-30)27-7-2-1-3-8-27)31-12-4-10-28(36(31)44)23-14-16-24(17-15-23)29-21-20-26-19-18-25-9-6-22-38-33(25)34(26)39-29/h1-22H. The van der Waals surface area contributed by atoms with Gasteiger partial charge in [0.05, 0.1) is 38.3 Å². The van der Waals surface area contributed by atoms with Crippen LogP contribution in [0.4, 0.5) is 0 Å². The van der Waals surface area contributed by atoms with Gasteiger partial charge in [-0.3, -0.25) is 9.55 Å². The maximum absolute atomic E-state index is 14.3. The smallest absolute Gasteiger partial charge is 0.211 e. The Balaban J connectivity index is 1.21. The predicted molar refractivity (Wildman–Crippen MR) is 173 cm³/mol. The van der Waals surface area contributed by atoms with Crippen LogP contribution in [0.1, 0.15) is 0 Å². The van der Waals surface area contributed by atoms with Gasteiger partial charge in [0.25, 0.3) is 0 Å². The molecule has 0 N–H and O–H groups in total. The Labute approximate surface area is 252 Å². The lowest BCUT2D eigenvalue weighted by Gasteiger charge is -2.23. The lowest BCUT2D eigenvalue weighted by atomic mass is 10.0. The number of nitrogens with zero attached hydrogens (tertiary/aromatic N) is 4. The van der Waals surface area contributed by atoms with Crippen molar-refractivity contribution in [3.8, 4) is 39.5 Å². The first-order chi connectivity index (χ1) is 21.6. The average Bonchev–Trinajstić information content (AvgIpc) is 3.48. The van der Waals surface area contributed by atoms with Crippen LogP contribution in [0.15, 0.2) is 143 Å². The maximum atomic E-state index is 14.3. The molecule has 0 spiro atoms. The molecule has 0 saturated heterocycles. The van der Waals surface area contributed by atoms with Gasteiger partial charge in [-0.15, -0.1) is 0 Å². The molecule has 0 bridgehead atoms. The third kappa shape index (κ3) is 3.53. The number of imidazole rings is 1. The molecule has 0 fully saturated rings.